The normalized spacial score (nSPS) is 10.7. The highest BCUT2D eigenvalue weighted by Gasteiger charge is 2.14. The zero-order valence-electron chi connectivity index (χ0n) is 12.7. The topological polar surface area (TPSA) is 55.9 Å². The van der Waals surface area contributed by atoms with Crippen molar-refractivity contribution in [1.29, 1.82) is 0 Å². The van der Waals surface area contributed by atoms with Gasteiger partial charge in [-0.3, -0.25) is 0 Å². The molecule has 0 aliphatic carbocycles. The molecule has 5 heteroatoms. The molecule has 0 aliphatic rings. The number of halogens is 1. The zero-order valence-corrected chi connectivity index (χ0v) is 12.7. The minimum absolute atomic E-state index is 0.283. The average Bonchev–Trinajstić information content (AvgIpc) is 3.00. The predicted octanol–water partition coefficient (Wildman–Crippen LogP) is 3.44. The Morgan fingerprint density at radius 2 is 1.91 bits per heavy atom. The van der Waals surface area contributed by atoms with Gasteiger partial charge in [0.1, 0.15) is 5.82 Å². The first-order valence-corrected chi connectivity index (χ1v) is 7.63. The number of rotatable bonds is 6. The van der Waals surface area contributed by atoms with Gasteiger partial charge in [0.25, 0.3) is 0 Å². The first-order chi connectivity index (χ1) is 11.3. The summed E-state index contributed by atoms with van der Waals surface area (Å²) in [5.74, 6) is -0.283. The van der Waals surface area contributed by atoms with E-state index in [1.807, 2.05) is 36.4 Å². The Hall–Kier alpha value is -2.66. The van der Waals surface area contributed by atoms with Gasteiger partial charge in [-0.25, -0.2) is 9.07 Å². The molecule has 0 radical (unpaired) electrons. The summed E-state index contributed by atoms with van der Waals surface area (Å²) in [5, 5.41) is 7.80. The molecule has 0 fully saturated rings. The van der Waals surface area contributed by atoms with E-state index in [-0.39, 0.29) is 5.82 Å². The second kappa shape index (κ2) is 7.07. The van der Waals surface area contributed by atoms with Gasteiger partial charge >= 0.3 is 0 Å². The Labute approximate surface area is 134 Å². The van der Waals surface area contributed by atoms with Gasteiger partial charge in [-0.2, -0.15) is 5.10 Å². The number of hydrogen-bond acceptors (Lipinski definition) is 3. The van der Waals surface area contributed by atoms with Crippen molar-refractivity contribution >= 4 is 5.69 Å². The summed E-state index contributed by atoms with van der Waals surface area (Å²) in [6.45, 7) is 1.40. The predicted molar refractivity (Wildman–Crippen MR) is 91.1 cm³/mol. The Balaban J connectivity index is 2.06. The summed E-state index contributed by atoms with van der Waals surface area (Å²) in [6, 6.07) is 16.4. The highest BCUT2D eigenvalue weighted by atomic mass is 19.1. The molecule has 0 saturated carbocycles. The van der Waals surface area contributed by atoms with Crippen molar-refractivity contribution in [3.63, 3.8) is 0 Å². The van der Waals surface area contributed by atoms with Gasteiger partial charge < -0.3 is 11.1 Å². The number of nitrogens with two attached hydrogens (primary N) is 1. The van der Waals surface area contributed by atoms with E-state index < -0.39 is 0 Å². The lowest BCUT2D eigenvalue weighted by molar-refractivity contribution is 0.625. The van der Waals surface area contributed by atoms with E-state index in [1.54, 1.807) is 16.9 Å². The summed E-state index contributed by atoms with van der Waals surface area (Å²) < 4.78 is 15.3. The van der Waals surface area contributed by atoms with E-state index >= 15 is 0 Å². The van der Waals surface area contributed by atoms with Gasteiger partial charge in [-0.05, 0) is 31.2 Å². The summed E-state index contributed by atoms with van der Waals surface area (Å²) in [4.78, 5) is 0. The maximum Gasteiger partial charge on any atom is 0.125 e. The van der Waals surface area contributed by atoms with Crippen molar-refractivity contribution in [3.05, 3.63) is 66.6 Å². The number of anilines is 1. The van der Waals surface area contributed by atoms with Crippen molar-refractivity contribution in [2.45, 2.75) is 6.42 Å². The van der Waals surface area contributed by atoms with Crippen LogP contribution >= 0.6 is 0 Å². The van der Waals surface area contributed by atoms with Gasteiger partial charge in [0, 0.05) is 12.1 Å². The van der Waals surface area contributed by atoms with Gasteiger partial charge in [-0.1, -0.05) is 36.4 Å². The van der Waals surface area contributed by atoms with Crippen LogP contribution in [-0.4, -0.2) is 22.9 Å². The molecule has 0 unspecified atom stereocenters. The van der Waals surface area contributed by atoms with Crippen LogP contribution in [0.1, 0.15) is 6.42 Å². The summed E-state index contributed by atoms with van der Waals surface area (Å²) in [7, 11) is 0. The molecule has 118 valence electrons. The largest absolute Gasteiger partial charge is 0.382 e. The SMILES string of the molecule is NCCCNc1cnn(-c2cccc(F)c2)c1-c1ccccc1. The number of benzene rings is 2. The molecule has 0 atom stereocenters. The van der Waals surface area contributed by atoms with E-state index in [1.165, 1.54) is 12.1 Å². The van der Waals surface area contributed by atoms with Crippen LogP contribution in [0.2, 0.25) is 0 Å². The summed E-state index contributed by atoms with van der Waals surface area (Å²) in [6.07, 6.45) is 2.64. The Morgan fingerprint density at radius 1 is 1.09 bits per heavy atom. The number of hydrogen-bond donors (Lipinski definition) is 2. The van der Waals surface area contributed by atoms with Crippen molar-refractivity contribution in [2.75, 3.05) is 18.4 Å². The van der Waals surface area contributed by atoms with E-state index in [0.29, 0.717) is 12.2 Å². The van der Waals surface area contributed by atoms with Crippen molar-refractivity contribution in [2.24, 2.45) is 5.73 Å². The molecule has 0 amide bonds. The third-order valence-corrected chi connectivity index (χ3v) is 3.57. The quantitative estimate of drug-likeness (QED) is 0.686. The molecule has 4 nitrogen and oxygen atoms in total. The fraction of sp³-hybridized carbons (Fsp3) is 0.167. The Morgan fingerprint density at radius 3 is 2.65 bits per heavy atom. The van der Waals surface area contributed by atoms with Crippen LogP contribution in [0, 0.1) is 5.82 Å². The van der Waals surface area contributed by atoms with E-state index in [4.69, 9.17) is 5.73 Å². The molecule has 23 heavy (non-hydrogen) atoms. The molecular weight excluding hydrogens is 291 g/mol. The Bertz CT molecular complexity index is 768. The number of nitrogens with zero attached hydrogens (tertiary/aromatic N) is 2. The van der Waals surface area contributed by atoms with Gasteiger partial charge in [-0.15, -0.1) is 0 Å². The van der Waals surface area contributed by atoms with Crippen LogP contribution in [0.5, 0.6) is 0 Å². The minimum atomic E-state index is -0.283. The highest BCUT2D eigenvalue weighted by Crippen LogP contribution is 2.30. The highest BCUT2D eigenvalue weighted by molar-refractivity contribution is 5.76. The third-order valence-electron chi connectivity index (χ3n) is 3.57. The zero-order chi connectivity index (χ0) is 16.1. The standard InChI is InChI=1S/C18H19FN4/c19-15-8-4-9-16(12-15)23-18(14-6-2-1-3-7-14)17(13-22-23)21-11-5-10-20/h1-4,6-9,12-13,21H,5,10-11,20H2. The first-order valence-electron chi connectivity index (χ1n) is 7.63. The molecule has 0 aliphatic heterocycles. The molecule has 2 aromatic carbocycles. The minimum Gasteiger partial charge on any atom is -0.382 e. The maximum atomic E-state index is 13.6. The monoisotopic (exact) mass is 310 g/mol. The molecule has 0 spiro atoms. The van der Waals surface area contributed by atoms with Crippen LogP contribution < -0.4 is 11.1 Å². The van der Waals surface area contributed by atoms with Crippen LogP contribution in [-0.2, 0) is 0 Å². The molecule has 1 aromatic heterocycles. The lowest BCUT2D eigenvalue weighted by Gasteiger charge is -2.11. The van der Waals surface area contributed by atoms with Crippen molar-refractivity contribution in [3.8, 4) is 16.9 Å². The van der Waals surface area contributed by atoms with E-state index in [9.17, 15) is 4.39 Å². The molecule has 1 heterocycles. The smallest absolute Gasteiger partial charge is 0.125 e. The molecule has 0 bridgehead atoms. The molecule has 3 rings (SSSR count). The fourth-order valence-electron chi connectivity index (χ4n) is 2.48. The molecule has 0 saturated heterocycles. The van der Waals surface area contributed by atoms with Gasteiger partial charge in [0.05, 0.1) is 23.3 Å². The summed E-state index contributed by atoms with van der Waals surface area (Å²) >= 11 is 0. The van der Waals surface area contributed by atoms with Crippen molar-refractivity contribution in [1.82, 2.24) is 9.78 Å². The van der Waals surface area contributed by atoms with Crippen LogP contribution in [0.4, 0.5) is 10.1 Å². The lowest BCUT2D eigenvalue weighted by atomic mass is 10.1. The third kappa shape index (κ3) is 3.40. The average molecular weight is 310 g/mol. The fourth-order valence-corrected chi connectivity index (χ4v) is 2.48. The van der Waals surface area contributed by atoms with Crippen molar-refractivity contribution < 1.29 is 4.39 Å². The molecular formula is C18H19FN4. The molecule has 3 N–H and O–H groups in total. The lowest BCUT2D eigenvalue weighted by Crippen LogP contribution is -2.09. The second-order valence-electron chi connectivity index (χ2n) is 5.23. The van der Waals surface area contributed by atoms with Crippen LogP contribution in [0.3, 0.4) is 0 Å². The number of aromatic nitrogens is 2. The Kier molecular flexibility index (Phi) is 4.68. The summed E-state index contributed by atoms with van der Waals surface area (Å²) in [5.41, 5.74) is 9.08. The maximum absolute atomic E-state index is 13.6. The number of nitrogens with one attached hydrogen (secondary N) is 1. The van der Waals surface area contributed by atoms with E-state index in [2.05, 4.69) is 10.4 Å². The second-order valence-corrected chi connectivity index (χ2v) is 5.23. The van der Waals surface area contributed by atoms with Gasteiger partial charge in [0.15, 0.2) is 0 Å². The first kappa shape index (κ1) is 15.2. The van der Waals surface area contributed by atoms with Crippen LogP contribution in [0.15, 0.2) is 60.8 Å². The van der Waals surface area contributed by atoms with Crippen LogP contribution in [0.25, 0.3) is 16.9 Å². The van der Waals surface area contributed by atoms with E-state index in [0.717, 1.165) is 29.9 Å². The molecule has 3 aromatic rings. The van der Waals surface area contributed by atoms with Gasteiger partial charge in [0.2, 0.25) is 0 Å².